The lowest BCUT2D eigenvalue weighted by Crippen LogP contribution is -2.33. The van der Waals surface area contributed by atoms with Crippen LogP contribution in [0.3, 0.4) is 0 Å². The molecule has 0 bridgehead atoms. The van der Waals surface area contributed by atoms with E-state index < -0.39 is 0 Å². The van der Waals surface area contributed by atoms with E-state index in [0.29, 0.717) is 26.2 Å². The monoisotopic (exact) mass is 474 g/mol. The summed E-state index contributed by atoms with van der Waals surface area (Å²) in [6, 6.07) is 8.20. The zero-order valence-electron chi connectivity index (χ0n) is 18.6. The number of ether oxygens (including phenoxy) is 2. The molecule has 1 amide bonds. The largest absolute Gasteiger partial charge is 0.383 e. The first-order valence-electron chi connectivity index (χ1n) is 10.9. The number of fused-ring (bicyclic) bond motifs is 2. The third kappa shape index (κ3) is 5.54. The normalized spacial score (nSPS) is 13.6. The van der Waals surface area contributed by atoms with Crippen molar-refractivity contribution in [3.8, 4) is 10.6 Å². The van der Waals surface area contributed by atoms with E-state index in [1.54, 1.807) is 36.9 Å². The van der Waals surface area contributed by atoms with Gasteiger partial charge in [-0.3, -0.25) is 9.69 Å². The Balaban J connectivity index is 1.51. The average molecular weight is 475 g/mol. The molecular formula is C23H30N4O3S2. The summed E-state index contributed by atoms with van der Waals surface area (Å²) in [5, 5.41) is 8.56. The second-order valence-corrected chi connectivity index (χ2v) is 9.88. The van der Waals surface area contributed by atoms with Gasteiger partial charge in [0.15, 0.2) is 0 Å². The van der Waals surface area contributed by atoms with Crippen LogP contribution in [0.1, 0.15) is 16.9 Å². The average Bonchev–Trinajstić information content (AvgIpc) is 3.39. The molecule has 0 aliphatic carbocycles. The number of hydrogen-bond donors (Lipinski definition) is 2. The van der Waals surface area contributed by atoms with E-state index >= 15 is 0 Å². The van der Waals surface area contributed by atoms with Crippen LogP contribution >= 0.6 is 22.7 Å². The number of amides is 1. The molecule has 2 aromatic heterocycles. The molecule has 0 spiro atoms. The number of hydrogen-bond acceptors (Lipinski definition) is 8. The Bertz CT molecular complexity index is 1010. The topological polar surface area (TPSA) is 75.7 Å². The standard InChI is InChI=1S/C23H30N4O3S2/c1-29-13-11-27(12-14-30-2)10-8-20(28)26-23-21(16-7-9-24-15-19(16)32-23)22-25-17-5-3-4-6-18(17)31-22/h3-6,24H,7-15H2,1-2H3,(H,26,28). The molecule has 0 unspecified atom stereocenters. The van der Waals surface area contributed by atoms with Crippen molar-refractivity contribution < 1.29 is 14.3 Å². The molecule has 9 heteroatoms. The van der Waals surface area contributed by atoms with Crippen LogP contribution in [0.25, 0.3) is 20.8 Å². The number of para-hydroxylation sites is 1. The summed E-state index contributed by atoms with van der Waals surface area (Å²) >= 11 is 3.37. The van der Waals surface area contributed by atoms with Crippen molar-refractivity contribution in [2.24, 2.45) is 0 Å². The van der Waals surface area contributed by atoms with Crippen molar-refractivity contribution in [1.82, 2.24) is 15.2 Å². The molecule has 172 valence electrons. The number of thiophene rings is 1. The highest BCUT2D eigenvalue weighted by molar-refractivity contribution is 7.22. The number of carbonyl (C=O) groups excluding carboxylic acids is 1. The van der Waals surface area contributed by atoms with Crippen LogP contribution in [0.2, 0.25) is 0 Å². The van der Waals surface area contributed by atoms with Gasteiger partial charge in [0.25, 0.3) is 0 Å². The van der Waals surface area contributed by atoms with Gasteiger partial charge in [-0.2, -0.15) is 0 Å². The number of carbonyl (C=O) groups is 1. The van der Waals surface area contributed by atoms with Crippen LogP contribution in [-0.2, 0) is 27.2 Å². The number of rotatable bonds is 11. The summed E-state index contributed by atoms with van der Waals surface area (Å²) in [5.41, 5.74) is 3.44. The first-order valence-corrected chi connectivity index (χ1v) is 12.5. The van der Waals surface area contributed by atoms with Gasteiger partial charge >= 0.3 is 0 Å². The molecule has 4 rings (SSSR count). The minimum absolute atomic E-state index is 0.0266. The molecule has 3 aromatic rings. The maximum atomic E-state index is 12.9. The molecule has 1 aromatic carbocycles. The van der Waals surface area contributed by atoms with Crippen molar-refractivity contribution >= 4 is 43.8 Å². The van der Waals surface area contributed by atoms with E-state index in [9.17, 15) is 4.79 Å². The maximum absolute atomic E-state index is 12.9. The lowest BCUT2D eigenvalue weighted by atomic mass is 10.0. The van der Waals surface area contributed by atoms with Gasteiger partial charge in [0.1, 0.15) is 10.0 Å². The Morgan fingerprint density at radius 3 is 2.69 bits per heavy atom. The molecule has 0 saturated carbocycles. The van der Waals surface area contributed by atoms with Gasteiger partial charge < -0.3 is 20.1 Å². The maximum Gasteiger partial charge on any atom is 0.226 e. The molecule has 0 atom stereocenters. The highest BCUT2D eigenvalue weighted by Crippen LogP contribution is 2.44. The minimum atomic E-state index is 0.0266. The van der Waals surface area contributed by atoms with E-state index in [-0.39, 0.29) is 5.91 Å². The Hall–Kier alpha value is -1.88. The summed E-state index contributed by atoms with van der Waals surface area (Å²) in [5.74, 6) is 0.0266. The highest BCUT2D eigenvalue weighted by atomic mass is 32.1. The Labute approximate surface area is 196 Å². The molecule has 0 saturated heterocycles. The van der Waals surface area contributed by atoms with Gasteiger partial charge in [0, 0.05) is 57.3 Å². The van der Waals surface area contributed by atoms with Crippen molar-refractivity contribution in [2.75, 3.05) is 58.9 Å². The van der Waals surface area contributed by atoms with Crippen LogP contribution < -0.4 is 10.6 Å². The number of benzene rings is 1. The number of aromatic nitrogens is 1. The number of thiazole rings is 1. The van der Waals surface area contributed by atoms with Crippen LogP contribution in [0.15, 0.2) is 24.3 Å². The van der Waals surface area contributed by atoms with Gasteiger partial charge in [-0.25, -0.2) is 4.98 Å². The third-order valence-electron chi connectivity index (χ3n) is 5.57. The summed E-state index contributed by atoms with van der Waals surface area (Å²) in [6.07, 6.45) is 1.38. The van der Waals surface area contributed by atoms with Gasteiger partial charge in [-0.05, 0) is 30.7 Å². The van der Waals surface area contributed by atoms with E-state index in [0.717, 1.165) is 53.7 Å². The number of nitrogens with one attached hydrogen (secondary N) is 2. The molecule has 32 heavy (non-hydrogen) atoms. The lowest BCUT2D eigenvalue weighted by molar-refractivity contribution is -0.116. The van der Waals surface area contributed by atoms with Gasteiger partial charge in [0.05, 0.1) is 23.4 Å². The summed E-state index contributed by atoms with van der Waals surface area (Å²) in [6.45, 7) is 5.29. The van der Waals surface area contributed by atoms with E-state index in [1.807, 2.05) is 18.2 Å². The molecule has 3 heterocycles. The minimum Gasteiger partial charge on any atom is -0.383 e. The van der Waals surface area contributed by atoms with E-state index in [2.05, 4.69) is 21.6 Å². The molecule has 2 N–H and O–H groups in total. The molecular weight excluding hydrogens is 444 g/mol. The predicted octanol–water partition coefficient (Wildman–Crippen LogP) is 3.59. The van der Waals surface area contributed by atoms with Crippen molar-refractivity contribution in [2.45, 2.75) is 19.4 Å². The van der Waals surface area contributed by atoms with Crippen LogP contribution in [0.5, 0.6) is 0 Å². The SMILES string of the molecule is COCCN(CCOC)CCC(=O)Nc1sc2c(c1-c1nc3ccccc3s1)CCNC2. The second-order valence-electron chi connectivity index (χ2n) is 7.75. The van der Waals surface area contributed by atoms with Crippen LogP contribution in [-0.4, -0.2) is 69.4 Å². The van der Waals surface area contributed by atoms with Crippen molar-refractivity contribution in [3.63, 3.8) is 0 Å². The smallest absolute Gasteiger partial charge is 0.226 e. The fourth-order valence-corrected chi connectivity index (χ4v) is 6.20. The number of methoxy groups -OCH3 is 2. The summed E-state index contributed by atoms with van der Waals surface area (Å²) < 4.78 is 11.6. The fourth-order valence-electron chi connectivity index (χ4n) is 3.85. The molecule has 1 aliphatic rings. The quantitative estimate of drug-likeness (QED) is 0.442. The first kappa shape index (κ1) is 23.3. The molecule has 1 aliphatic heterocycles. The van der Waals surface area contributed by atoms with Crippen molar-refractivity contribution in [3.05, 3.63) is 34.7 Å². The van der Waals surface area contributed by atoms with Crippen molar-refractivity contribution in [1.29, 1.82) is 0 Å². The lowest BCUT2D eigenvalue weighted by Gasteiger charge is -2.21. The van der Waals surface area contributed by atoms with Crippen LogP contribution in [0, 0.1) is 0 Å². The fraction of sp³-hybridized carbons (Fsp3) is 0.478. The molecule has 7 nitrogen and oxygen atoms in total. The van der Waals surface area contributed by atoms with E-state index in [1.165, 1.54) is 15.1 Å². The molecule has 0 radical (unpaired) electrons. The van der Waals surface area contributed by atoms with Gasteiger partial charge in [-0.1, -0.05) is 12.1 Å². The highest BCUT2D eigenvalue weighted by Gasteiger charge is 2.25. The van der Waals surface area contributed by atoms with Crippen LogP contribution in [0.4, 0.5) is 5.00 Å². The number of anilines is 1. The zero-order chi connectivity index (χ0) is 22.3. The Kier molecular flexibility index (Phi) is 8.23. The van der Waals surface area contributed by atoms with Gasteiger partial charge in [-0.15, -0.1) is 22.7 Å². The first-order chi connectivity index (χ1) is 15.7. The van der Waals surface area contributed by atoms with E-state index in [4.69, 9.17) is 14.5 Å². The predicted molar refractivity (Wildman–Crippen MR) is 132 cm³/mol. The third-order valence-corrected chi connectivity index (χ3v) is 7.77. The Morgan fingerprint density at radius 1 is 1.16 bits per heavy atom. The second kappa shape index (κ2) is 11.3. The summed E-state index contributed by atoms with van der Waals surface area (Å²) in [7, 11) is 3.39. The number of nitrogens with zero attached hydrogens (tertiary/aromatic N) is 2. The summed E-state index contributed by atoms with van der Waals surface area (Å²) in [4.78, 5) is 21.3. The van der Waals surface area contributed by atoms with Gasteiger partial charge in [0.2, 0.25) is 5.91 Å². The Morgan fingerprint density at radius 2 is 1.94 bits per heavy atom. The molecule has 0 fully saturated rings. The zero-order valence-corrected chi connectivity index (χ0v) is 20.2.